The summed E-state index contributed by atoms with van der Waals surface area (Å²) in [7, 11) is -2.04. The van der Waals surface area contributed by atoms with Crippen LogP contribution in [0.15, 0.2) is 41.6 Å². The van der Waals surface area contributed by atoms with Crippen molar-refractivity contribution in [2.45, 2.75) is 30.3 Å². The lowest BCUT2D eigenvalue weighted by atomic mass is 10.0. The van der Waals surface area contributed by atoms with Crippen LogP contribution < -0.4 is 20.1 Å². The lowest BCUT2D eigenvalue weighted by Crippen LogP contribution is -2.42. The van der Waals surface area contributed by atoms with Gasteiger partial charge in [0.05, 0.1) is 12.0 Å². The van der Waals surface area contributed by atoms with Crippen molar-refractivity contribution in [1.82, 2.24) is 15.3 Å². The molecule has 8 nitrogen and oxygen atoms in total. The van der Waals surface area contributed by atoms with Gasteiger partial charge in [0.2, 0.25) is 15.9 Å². The van der Waals surface area contributed by atoms with Crippen molar-refractivity contribution >= 4 is 15.8 Å². The van der Waals surface area contributed by atoms with Crippen LogP contribution in [0.25, 0.3) is 0 Å². The molecule has 0 spiro atoms. The van der Waals surface area contributed by atoms with Crippen molar-refractivity contribution in [3.63, 3.8) is 0 Å². The number of anilines is 1. The Bertz CT molecular complexity index is 834. The first-order chi connectivity index (χ1) is 12.5. The predicted octanol–water partition coefficient (Wildman–Crippen LogP) is 0.891. The number of piperidine rings is 1. The van der Waals surface area contributed by atoms with Crippen LogP contribution in [-0.2, 0) is 16.6 Å². The Kier molecular flexibility index (Phi) is 5.70. The third kappa shape index (κ3) is 4.69. The number of sulfonamides is 1. The van der Waals surface area contributed by atoms with Crippen LogP contribution in [-0.4, -0.2) is 44.6 Å². The zero-order valence-electron chi connectivity index (χ0n) is 14.6. The molecule has 1 aliphatic rings. The van der Waals surface area contributed by atoms with Gasteiger partial charge in [-0.2, -0.15) is 0 Å². The zero-order valence-corrected chi connectivity index (χ0v) is 15.4. The zero-order chi connectivity index (χ0) is 18.6. The molecule has 0 unspecified atom stereocenters. The molecule has 0 amide bonds. The van der Waals surface area contributed by atoms with Crippen molar-refractivity contribution in [2.75, 3.05) is 25.1 Å². The van der Waals surface area contributed by atoms with Gasteiger partial charge in [-0.1, -0.05) is 12.1 Å². The highest BCUT2D eigenvalue weighted by Crippen LogP contribution is 2.20. The molecule has 0 aliphatic carbocycles. The number of hydrogen-bond acceptors (Lipinski definition) is 7. The van der Waals surface area contributed by atoms with Gasteiger partial charge in [-0.3, -0.25) is 0 Å². The maximum absolute atomic E-state index is 11.3. The summed E-state index contributed by atoms with van der Waals surface area (Å²) >= 11 is 0. The topological polar surface area (TPSA) is 110 Å². The molecule has 1 aliphatic heterocycles. The highest BCUT2D eigenvalue weighted by atomic mass is 32.2. The SMILES string of the molecule is COc1cc(N2CCC(NCc3ccc(S(N)(=O)=O)cc3)CC2)ncn1. The van der Waals surface area contributed by atoms with Crippen LogP contribution >= 0.6 is 0 Å². The number of aromatic nitrogens is 2. The minimum atomic E-state index is -3.64. The quantitative estimate of drug-likeness (QED) is 0.769. The maximum atomic E-state index is 11.3. The molecule has 1 aromatic carbocycles. The van der Waals surface area contributed by atoms with Gasteiger partial charge in [-0.05, 0) is 30.5 Å². The van der Waals surface area contributed by atoms with Crippen molar-refractivity contribution in [3.8, 4) is 5.88 Å². The van der Waals surface area contributed by atoms with Crippen LogP contribution in [0.2, 0.25) is 0 Å². The van der Waals surface area contributed by atoms with Gasteiger partial charge in [0, 0.05) is 31.7 Å². The van der Waals surface area contributed by atoms with Gasteiger partial charge in [-0.15, -0.1) is 0 Å². The van der Waals surface area contributed by atoms with E-state index in [0.29, 0.717) is 18.5 Å². The average molecular weight is 377 g/mol. The Hall–Kier alpha value is -2.23. The molecule has 2 heterocycles. The first kappa shape index (κ1) is 18.6. The lowest BCUT2D eigenvalue weighted by molar-refractivity contribution is 0.394. The van der Waals surface area contributed by atoms with E-state index in [-0.39, 0.29) is 4.90 Å². The van der Waals surface area contributed by atoms with Crippen LogP contribution in [0.1, 0.15) is 18.4 Å². The fourth-order valence-electron chi connectivity index (χ4n) is 2.99. The van der Waals surface area contributed by atoms with Crippen molar-refractivity contribution in [1.29, 1.82) is 0 Å². The average Bonchev–Trinajstić information content (AvgIpc) is 2.66. The fraction of sp³-hybridized carbons (Fsp3) is 0.412. The fourth-order valence-corrected chi connectivity index (χ4v) is 3.50. The highest BCUT2D eigenvalue weighted by molar-refractivity contribution is 7.89. The number of nitrogens with two attached hydrogens (primary N) is 1. The minimum Gasteiger partial charge on any atom is -0.481 e. The van der Waals surface area contributed by atoms with E-state index in [2.05, 4.69) is 20.2 Å². The molecule has 0 atom stereocenters. The maximum Gasteiger partial charge on any atom is 0.238 e. The van der Waals surface area contributed by atoms with E-state index >= 15 is 0 Å². The van der Waals surface area contributed by atoms with Gasteiger partial charge in [0.1, 0.15) is 12.1 Å². The third-order valence-corrected chi connectivity index (χ3v) is 5.43. The summed E-state index contributed by atoms with van der Waals surface area (Å²) in [5.41, 5.74) is 1.03. The van der Waals surface area contributed by atoms with Gasteiger partial charge in [0.25, 0.3) is 0 Å². The second kappa shape index (κ2) is 7.98. The number of nitrogens with zero attached hydrogens (tertiary/aromatic N) is 3. The van der Waals surface area contributed by atoms with E-state index in [1.807, 2.05) is 6.07 Å². The van der Waals surface area contributed by atoms with Crippen LogP contribution in [0.5, 0.6) is 5.88 Å². The van der Waals surface area contributed by atoms with Crippen molar-refractivity contribution in [3.05, 3.63) is 42.2 Å². The lowest BCUT2D eigenvalue weighted by Gasteiger charge is -2.33. The van der Waals surface area contributed by atoms with Gasteiger partial charge in [0.15, 0.2) is 0 Å². The molecular weight excluding hydrogens is 354 g/mol. The van der Waals surface area contributed by atoms with E-state index in [9.17, 15) is 8.42 Å². The predicted molar refractivity (Wildman–Crippen MR) is 98.5 cm³/mol. The molecule has 1 saturated heterocycles. The summed E-state index contributed by atoms with van der Waals surface area (Å²) < 4.78 is 27.7. The Morgan fingerprint density at radius 1 is 1.23 bits per heavy atom. The number of methoxy groups -OCH3 is 1. The molecule has 3 N–H and O–H groups in total. The van der Waals surface area contributed by atoms with Crippen LogP contribution in [0.3, 0.4) is 0 Å². The molecule has 0 bridgehead atoms. The number of ether oxygens (including phenoxy) is 1. The summed E-state index contributed by atoms with van der Waals surface area (Å²) in [5, 5.41) is 8.64. The molecule has 140 valence electrons. The van der Waals surface area contributed by atoms with E-state index in [4.69, 9.17) is 9.88 Å². The smallest absolute Gasteiger partial charge is 0.238 e. The van der Waals surface area contributed by atoms with E-state index in [1.54, 1.807) is 19.2 Å². The van der Waals surface area contributed by atoms with Gasteiger partial charge >= 0.3 is 0 Å². The Balaban J connectivity index is 1.49. The van der Waals surface area contributed by atoms with Crippen molar-refractivity contribution < 1.29 is 13.2 Å². The minimum absolute atomic E-state index is 0.134. The summed E-state index contributed by atoms with van der Waals surface area (Å²) in [4.78, 5) is 10.7. The molecule has 2 aromatic rings. The standard InChI is InChI=1S/C17H23N5O3S/c1-25-17-10-16(20-12-21-17)22-8-6-14(7-9-22)19-11-13-2-4-15(5-3-13)26(18,23)24/h2-5,10,12,14,19H,6-9,11H2,1H3,(H2,18,23,24). The first-order valence-electron chi connectivity index (χ1n) is 8.42. The Morgan fingerprint density at radius 3 is 2.54 bits per heavy atom. The summed E-state index contributed by atoms with van der Waals surface area (Å²) in [6, 6.07) is 8.91. The van der Waals surface area contributed by atoms with E-state index in [0.717, 1.165) is 37.3 Å². The molecule has 3 rings (SSSR count). The Morgan fingerprint density at radius 2 is 1.92 bits per heavy atom. The summed E-state index contributed by atoms with van der Waals surface area (Å²) in [6.07, 6.45) is 3.52. The number of nitrogens with one attached hydrogen (secondary N) is 1. The second-order valence-electron chi connectivity index (χ2n) is 6.25. The van der Waals surface area contributed by atoms with Gasteiger partial charge < -0.3 is 15.0 Å². The van der Waals surface area contributed by atoms with Crippen LogP contribution in [0.4, 0.5) is 5.82 Å². The first-order valence-corrected chi connectivity index (χ1v) is 9.96. The molecule has 1 aromatic heterocycles. The largest absolute Gasteiger partial charge is 0.481 e. The summed E-state index contributed by atoms with van der Waals surface area (Å²) in [5.74, 6) is 1.45. The molecular formula is C17H23N5O3S. The molecule has 1 fully saturated rings. The number of rotatable bonds is 6. The normalized spacial score (nSPS) is 15.8. The molecule has 9 heteroatoms. The molecule has 0 saturated carbocycles. The van der Waals surface area contributed by atoms with E-state index < -0.39 is 10.0 Å². The van der Waals surface area contributed by atoms with Gasteiger partial charge in [-0.25, -0.2) is 23.5 Å². The monoisotopic (exact) mass is 377 g/mol. The third-order valence-electron chi connectivity index (χ3n) is 4.50. The summed E-state index contributed by atoms with van der Waals surface area (Å²) in [6.45, 7) is 2.50. The number of primary sulfonamides is 1. The van der Waals surface area contributed by atoms with Crippen LogP contribution in [0, 0.1) is 0 Å². The van der Waals surface area contributed by atoms with Crippen molar-refractivity contribution in [2.24, 2.45) is 5.14 Å². The Labute approximate surface area is 153 Å². The van der Waals surface area contributed by atoms with E-state index in [1.165, 1.54) is 18.5 Å². The number of benzene rings is 1. The highest BCUT2D eigenvalue weighted by Gasteiger charge is 2.20. The number of hydrogen-bond donors (Lipinski definition) is 2. The molecule has 0 radical (unpaired) electrons. The molecule has 26 heavy (non-hydrogen) atoms. The second-order valence-corrected chi connectivity index (χ2v) is 7.81.